The molecular formula is C27H38Cl2N4O3. The van der Waals surface area contributed by atoms with Gasteiger partial charge >= 0.3 is 5.91 Å². The number of para-hydroxylation sites is 1. The van der Waals surface area contributed by atoms with Crippen molar-refractivity contribution in [3.8, 4) is 11.5 Å². The number of halogens is 2. The third-order valence-electron chi connectivity index (χ3n) is 6.63. The van der Waals surface area contributed by atoms with E-state index in [0.717, 1.165) is 61.8 Å². The summed E-state index contributed by atoms with van der Waals surface area (Å²) < 4.78 is 11.4. The van der Waals surface area contributed by atoms with E-state index in [1.165, 1.54) is 10.6 Å². The number of quaternary nitrogens is 2. The van der Waals surface area contributed by atoms with E-state index < -0.39 is 0 Å². The Morgan fingerprint density at radius 2 is 1.81 bits per heavy atom. The summed E-state index contributed by atoms with van der Waals surface area (Å²) in [4.78, 5) is 15.9. The minimum absolute atomic E-state index is 0. The first-order chi connectivity index (χ1) is 16.5. The van der Waals surface area contributed by atoms with Crippen LogP contribution in [0.15, 0.2) is 53.6 Å². The number of hydrogen-bond donors (Lipinski definition) is 2. The summed E-state index contributed by atoms with van der Waals surface area (Å²) >= 11 is 0. The average molecular weight is 538 g/mol. The fourth-order valence-corrected chi connectivity index (χ4v) is 4.74. The maximum absolute atomic E-state index is 13.4. The van der Waals surface area contributed by atoms with Crippen LogP contribution in [0.2, 0.25) is 0 Å². The molecule has 2 aromatic carbocycles. The molecule has 2 N–H and O–H groups in total. The first kappa shape index (κ1) is 29.9. The lowest BCUT2D eigenvalue weighted by atomic mass is 10.1. The van der Waals surface area contributed by atoms with Gasteiger partial charge in [0.05, 0.1) is 19.9 Å². The van der Waals surface area contributed by atoms with Crippen LogP contribution in [0.4, 0.5) is 5.69 Å². The molecule has 2 aromatic rings. The van der Waals surface area contributed by atoms with Crippen molar-refractivity contribution in [3.63, 3.8) is 0 Å². The largest absolute Gasteiger partial charge is 1.00 e. The van der Waals surface area contributed by atoms with E-state index >= 15 is 0 Å². The summed E-state index contributed by atoms with van der Waals surface area (Å²) in [5.41, 5.74) is 2.25. The van der Waals surface area contributed by atoms with E-state index in [1.54, 1.807) is 7.11 Å². The Kier molecular flexibility index (Phi) is 12.0. The molecule has 2 aliphatic heterocycles. The number of rotatable bonds is 8. The van der Waals surface area contributed by atoms with Crippen LogP contribution in [0.5, 0.6) is 11.5 Å². The molecule has 2 saturated heterocycles. The van der Waals surface area contributed by atoms with Gasteiger partial charge in [0.15, 0.2) is 17.5 Å². The Labute approximate surface area is 227 Å². The third kappa shape index (κ3) is 7.59. The zero-order valence-corrected chi connectivity index (χ0v) is 22.9. The van der Waals surface area contributed by atoms with Crippen molar-refractivity contribution in [1.82, 2.24) is 5.01 Å². The van der Waals surface area contributed by atoms with Gasteiger partial charge in [0.25, 0.3) is 0 Å². The number of nitrogens with one attached hydrogen (secondary N) is 2. The third-order valence-corrected chi connectivity index (χ3v) is 6.63. The number of nitrogens with zero attached hydrogens (tertiary/aromatic N) is 2. The second-order valence-electron chi connectivity index (χ2n) is 9.62. The van der Waals surface area contributed by atoms with Gasteiger partial charge in [0.2, 0.25) is 0 Å². The Hall–Kier alpha value is -2.32. The Morgan fingerprint density at radius 1 is 1.08 bits per heavy atom. The van der Waals surface area contributed by atoms with E-state index in [4.69, 9.17) is 14.6 Å². The molecule has 0 unspecified atom stereocenters. The number of carbonyl (C=O) groups excluding carboxylic acids is 1. The van der Waals surface area contributed by atoms with E-state index in [0.29, 0.717) is 18.3 Å². The first-order valence-electron chi connectivity index (χ1n) is 12.5. The van der Waals surface area contributed by atoms with Gasteiger partial charge in [-0.1, -0.05) is 32.0 Å². The molecule has 0 radical (unpaired) electrons. The summed E-state index contributed by atoms with van der Waals surface area (Å²) in [6, 6.07) is 16.3. The lowest BCUT2D eigenvalue weighted by molar-refractivity contribution is -0.945. The molecule has 2 heterocycles. The van der Waals surface area contributed by atoms with E-state index in [1.807, 2.05) is 29.4 Å². The molecule has 0 aliphatic carbocycles. The molecule has 9 heteroatoms. The number of piperazine rings is 1. The molecule has 198 valence electrons. The molecule has 1 atom stereocenters. The van der Waals surface area contributed by atoms with Crippen molar-refractivity contribution in [2.24, 2.45) is 11.0 Å². The predicted molar refractivity (Wildman–Crippen MR) is 133 cm³/mol. The summed E-state index contributed by atoms with van der Waals surface area (Å²) in [6.07, 6.45) is 3.70. The molecule has 0 bridgehead atoms. The van der Waals surface area contributed by atoms with Gasteiger partial charge in [-0.15, -0.1) is 0 Å². The van der Waals surface area contributed by atoms with Gasteiger partial charge in [-0.05, 0) is 54.7 Å². The standard InChI is InChI=1S/C27H36N4O3.2ClH/c1-21(2)20-34-26-18-22(11-12-25(26)33-3)19-28-31-13-7-10-24(31)27(32)30-16-14-29(15-17-30)23-8-5-4-6-9-23;;/h4-6,8-9,11-12,18-19,21,24H,7,10,13-17,20H2,1-3H3;2*1H/b28-19+;;/t24-;;/m0../s1. The molecule has 0 saturated carbocycles. The van der Waals surface area contributed by atoms with E-state index in [2.05, 4.69) is 44.2 Å². The van der Waals surface area contributed by atoms with Crippen molar-refractivity contribution >= 4 is 17.8 Å². The van der Waals surface area contributed by atoms with Crippen LogP contribution in [-0.2, 0) is 4.79 Å². The Balaban J connectivity index is 0.00000228. The molecule has 2 fully saturated rings. The van der Waals surface area contributed by atoms with Gasteiger partial charge in [-0.25, -0.2) is 4.79 Å². The molecule has 1 amide bonds. The van der Waals surface area contributed by atoms with Crippen LogP contribution in [-0.4, -0.2) is 69.6 Å². The van der Waals surface area contributed by atoms with Crippen molar-refractivity contribution in [2.75, 3.05) is 46.4 Å². The quantitative estimate of drug-likeness (QED) is 0.332. The van der Waals surface area contributed by atoms with Crippen LogP contribution < -0.4 is 44.1 Å². The van der Waals surface area contributed by atoms with E-state index in [-0.39, 0.29) is 36.8 Å². The molecule has 0 spiro atoms. The van der Waals surface area contributed by atoms with Gasteiger partial charge in [-0.3, -0.25) is 14.8 Å². The van der Waals surface area contributed by atoms with Gasteiger partial charge < -0.3 is 34.3 Å². The normalized spacial score (nSPS) is 21.7. The Morgan fingerprint density at radius 3 is 2.47 bits per heavy atom. The lowest BCUT2D eigenvalue weighted by Crippen LogP contribution is -3.28. The summed E-state index contributed by atoms with van der Waals surface area (Å²) in [7, 11) is 1.65. The summed E-state index contributed by atoms with van der Waals surface area (Å²) in [5, 5.41) is 6.69. The van der Waals surface area contributed by atoms with Crippen molar-refractivity contribution < 1.29 is 48.9 Å². The number of hydrogen-bond acceptors (Lipinski definition) is 5. The summed E-state index contributed by atoms with van der Waals surface area (Å²) in [5.74, 6) is 2.15. The smallest absolute Gasteiger partial charge is 0.336 e. The highest BCUT2D eigenvalue weighted by atomic mass is 35.5. The van der Waals surface area contributed by atoms with Crippen LogP contribution >= 0.6 is 0 Å². The molecule has 4 rings (SSSR count). The minimum Gasteiger partial charge on any atom is -1.00 e. The number of methoxy groups -OCH3 is 1. The van der Waals surface area contributed by atoms with Crippen molar-refractivity contribution in [2.45, 2.75) is 32.7 Å². The van der Waals surface area contributed by atoms with Crippen LogP contribution in [0, 0.1) is 5.92 Å². The highest BCUT2D eigenvalue weighted by Gasteiger charge is 2.39. The number of benzene rings is 2. The molecule has 0 aromatic heterocycles. The van der Waals surface area contributed by atoms with Gasteiger partial charge in [0, 0.05) is 6.54 Å². The average Bonchev–Trinajstić information content (AvgIpc) is 3.35. The highest BCUT2D eigenvalue weighted by Crippen LogP contribution is 2.28. The van der Waals surface area contributed by atoms with Gasteiger partial charge in [-0.2, -0.15) is 5.10 Å². The fourth-order valence-electron chi connectivity index (χ4n) is 4.74. The topological polar surface area (TPSA) is 60.0 Å². The second kappa shape index (κ2) is 14.4. The maximum Gasteiger partial charge on any atom is 0.336 e. The SMILES string of the molecule is COc1ccc(/C=N/N2CCC[C@H]2C(=O)[NH+]2CC[NH+](c3ccccc3)CC2)cc1OCC(C)C.[Cl-].[Cl-]. The lowest BCUT2D eigenvalue weighted by Gasteiger charge is -2.30. The number of carbonyl (C=O) groups is 1. The number of ether oxygens (including phenoxy) is 2. The van der Waals surface area contributed by atoms with E-state index in [9.17, 15) is 4.79 Å². The maximum atomic E-state index is 13.4. The number of hydrazone groups is 1. The zero-order chi connectivity index (χ0) is 23.9. The zero-order valence-electron chi connectivity index (χ0n) is 21.4. The molecule has 2 aliphatic rings. The molecule has 7 nitrogen and oxygen atoms in total. The summed E-state index contributed by atoms with van der Waals surface area (Å²) in [6.45, 7) is 9.37. The predicted octanol–water partition coefficient (Wildman–Crippen LogP) is -4.82. The highest BCUT2D eigenvalue weighted by molar-refractivity contribution is 5.81. The molecule has 36 heavy (non-hydrogen) atoms. The molecular weight excluding hydrogens is 499 g/mol. The fraction of sp³-hybridized carbons (Fsp3) is 0.481. The van der Waals surface area contributed by atoms with Gasteiger partial charge in [0.1, 0.15) is 31.9 Å². The van der Waals surface area contributed by atoms with Crippen LogP contribution in [0.25, 0.3) is 0 Å². The van der Waals surface area contributed by atoms with Crippen LogP contribution in [0.3, 0.4) is 0 Å². The minimum atomic E-state index is -0.139. The van der Waals surface area contributed by atoms with Crippen molar-refractivity contribution in [3.05, 3.63) is 54.1 Å². The number of amides is 1. The second-order valence-corrected chi connectivity index (χ2v) is 9.62. The Bertz CT molecular complexity index is 982. The first-order valence-corrected chi connectivity index (χ1v) is 12.5. The monoisotopic (exact) mass is 536 g/mol. The van der Waals surface area contributed by atoms with Crippen LogP contribution in [0.1, 0.15) is 32.3 Å². The van der Waals surface area contributed by atoms with Crippen molar-refractivity contribution in [1.29, 1.82) is 0 Å².